The maximum absolute atomic E-state index is 11.6. The molecule has 0 aliphatic heterocycles. The highest BCUT2D eigenvalue weighted by molar-refractivity contribution is 7.87. The van der Waals surface area contributed by atoms with Crippen LogP contribution in [0.3, 0.4) is 0 Å². The van der Waals surface area contributed by atoms with Crippen molar-refractivity contribution >= 4 is 33.1 Å². The number of rotatable bonds is 7. The number of aromatic nitrogens is 1. The van der Waals surface area contributed by atoms with E-state index in [2.05, 4.69) is 15.0 Å². The zero-order valence-electron chi connectivity index (χ0n) is 13.7. The van der Waals surface area contributed by atoms with E-state index in [0.717, 1.165) is 26.3 Å². The van der Waals surface area contributed by atoms with E-state index in [-0.39, 0.29) is 12.5 Å². The standard InChI is InChI=1S/C15H20N4O3S2/c1-11(20)17-13-6-4-5-12(9-13)15-18-14(10-23-15)7-8-16-24(21,22)19(2)3/h4-6,9-10,16H,7-8H2,1-3H3,(H,17,20). The van der Waals surface area contributed by atoms with Crippen molar-refractivity contribution in [1.82, 2.24) is 14.0 Å². The molecule has 0 unspecified atom stereocenters. The van der Waals surface area contributed by atoms with E-state index >= 15 is 0 Å². The van der Waals surface area contributed by atoms with Gasteiger partial charge in [0, 0.05) is 50.6 Å². The smallest absolute Gasteiger partial charge is 0.278 e. The van der Waals surface area contributed by atoms with Gasteiger partial charge in [-0.25, -0.2) is 9.71 Å². The first-order valence-corrected chi connectivity index (χ1v) is 9.59. The van der Waals surface area contributed by atoms with Gasteiger partial charge in [-0.05, 0) is 12.1 Å². The molecular formula is C15H20N4O3S2. The number of nitrogens with one attached hydrogen (secondary N) is 2. The fourth-order valence-corrected chi connectivity index (χ4v) is 3.39. The van der Waals surface area contributed by atoms with Gasteiger partial charge in [0.05, 0.1) is 5.69 Å². The number of nitrogens with zero attached hydrogens (tertiary/aromatic N) is 2. The first kappa shape index (κ1) is 18.5. The van der Waals surface area contributed by atoms with Crippen molar-refractivity contribution in [2.75, 3.05) is 26.0 Å². The quantitative estimate of drug-likeness (QED) is 0.778. The second-order valence-corrected chi connectivity index (χ2v) is 8.16. The Labute approximate surface area is 145 Å². The molecule has 0 saturated carbocycles. The predicted molar refractivity (Wildman–Crippen MR) is 96.2 cm³/mol. The van der Waals surface area contributed by atoms with Gasteiger partial charge in [0.1, 0.15) is 5.01 Å². The molecule has 1 amide bonds. The van der Waals surface area contributed by atoms with Crippen molar-refractivity contribution in [2.24, 2.45) is 0 Å². The SMILES string of the molecule is CC(=O)Nc1cccc(-c2nc(CCNS(=O)(=O)N(C)C)cs2)c1. The zero-order valence-corrected chi connectivity index (χ0v) is 15.4. The molecule has 0 spiro atoms. The van der Waals surface area contributed by atoms with E-state index in [4.69, 9.17) is 0 Å². The molecule has 0 saturated heterocycles. The molecule has 130 valence electrons. The van der Waals surface area contributed by atoms with Crippen LogP contribution in [-0.2, 0) is 21.4 Å². The lowest BCUT2D eigenvalue weighted by molar-refractivity contribution is -0.114. The second kappa shape index (κ2) is 7.84. The summed E-state index contributed by atoms with van der Waals surface area (Å²) in [4.78, 5) is 15.7. The summed E-state index contributed by atoms with van der Waals surface area (Å²) in [7, 11) is -0.457. The van der Waals surface area contributed by atoms with Crippen LogP contribution in [0.4, 0.5) is 5.69 Å². The van der Waals surface area contributed by atoms with Crippen molar-refractivity contribution in [2.45, 2.75) is 13.3 Å². The van der Waals surface area contributed by atoms with Gasteiger partial charge in [-0.2, -0.15) is 12.7 Å². The summed E-state index contributed by atoms with van der Waals surface area (Å²) < 4.78 is 26.9. The fraction of sp³-hybridized carbons (Fsp3) is 0.333. The van der Waals surface area contributed by atoms with Crippen LogP contribution in [0.15, 0.2) is 29.6 Å². The molecule has 7 nitrogen and oxygen atoms in total. The Balaban J connectivity index is 2.02. The monoisotopic (exact) mass is 368 g/mol. The molecule has 0 fully saturated rings. The summed E-state index contributed by atoms with van der Waals surface area (Å²) >= 11 is 1.48. The average molecular weight is 368 g/mol. The van der Waals surface area contributed by atoms with Crippen molar-refractivity contribution in [3.8, 4) is 10.6 Å². The van der Waals surface area contributed by atoms with E-state index in [1.807, 2.05) is 29.6 Å². The lowest BCUT2D eigenvalue weighted by Crippen LogP contribution is -2.36. The minimum atomic E-state index is -3.41. The van der Waals surface area contributed by atoms with E-state index < -0.39 is 10.2 Å². The maximum Gasteiger partial charge on any atom is 0.278 e. The summed E-state index contributed by atoms with van der Waals surface area (Å²) in [5.74, 6) is -0.125. The first-order valence-electron chi connectivity index (χ1n) is 7.27. The van der Waals surface area contributed by atoms with Gasteiger partial charge < -0.3 is 5.32 Å². The molecule has 2 N–H and O–H groups in total. The Morgan fingerprint density at radius 3 is 2.75 bits per heavy atom. The van der Waals surface area contributed by atoms with Gasteiger partial charge in [0.25, 0.3) is 10.2 Å². The largest absolute Gasteiger partial charge is 0.326 e. The number of carbonyl (C=O) groups excluding carboxylic acids is 1. The molecule has 0 radical (unpaired) electrons. The van der Waals surface area contributed by atoms with Gasteiger partial charge in [0.2, 0.25) is 5.91 Å². The van der Waals surface area contributed by atoms with Crippen LogP contribution < -0.4 is 10.0 Å². The third kappa shape index (κ3) is 5.10. The lowest BCUT2D eigenvalue weighted by atomic mass is 10.2. The maximum atomic E-state index is 11.6. The van der Waals surface area contributed by atoms with Crippen LogP contribution in [0.1, 0.15) is 12.6 Å². The summed E-state index contributed by atoms with van der Waals surface area (Å²) in [5.41, 5.74) is 2.45. The molecule has 9 heteroatoms. The van der Waals surface area contributed by atoms with Gasteiger partial charge in [-0.3, -0.25) is 4.79 Å². The topological polar surface area (TPSA) is 91.4 Å². The van der Waals surface area contributed by atoms with Crippen molar-refractivity contribution < 1.29 is 13.2 Å². The van der Waals surface area contributed by atoms with Crippen LogP contribution in [0.2, 0.25) is 0 Å². The Morgan fingerprint density at radius 2 is 2.08 bits per heavy atom. The molecule has 1 aromatic carbocycles. The van der Waals surface area contributed by atoms with Crippen molar-refractivity contribution in [1.29, 1.82) is 0 Å². The van der Waals surface area contributed by atoms with Gasteiger partial charge in [0.15, 0.2) is 0 Å². The van der Waals surface area contributed by atoms with Gasteiger partial charge in [-0.15, -0.1) is 11.3 Å². The number of anilines is 1. The third-order valence-electron chi connectivity index (χ3n) is 3.13. The van der Waals surface area contributed by atoms with Crippen molar-refractivity contribution in [3.63, 3.8) is 0 Å². The second-order valence-electron chi connectivity index (χ2n) is 5.34. The van der Waals surface area contributed by atoms with E-state index in [1.165, 1.54) is 32.4 Å². The summed E-state index contributed by atoms with van der Waals surface area (Å²) in [6.07, 6.45) is 0.509. The number of amides is 1. The third-order valence-corrected chi connectivity index (χ3v) is 5.60. The summed E-state index contributed by atoms with van der Waals surface area (Å²) in [6, 6.07) is 7.45. The molecule has 0 bridgehead atoms. The molecule has 1 aromatic heterocycles. The van der Waals surface area contributed by atoms with Crippen LogP contribution in [0, 0.1) is 0 Å². The minimum Gasteiger partial charge on any atom is -0.326 e. The number of thiazole rings is 1. The van der Waals surface area contributed by atoms with Crippen LogP contribution in [-0.4, -0.2) is 44.3 Å². The molecule has 0 atom stereocenters. The summed E-state index contributed by atoms with van der Waals surface area (Å²) in [6.45, 7) is 1.75. The van der Waals surface area contributed by atoms with Gasteiger partial charge >= 0.3 is 0 Å². The molecule has 1 heterocycles. The number of carbonyl (C=O) groups is 1. The minimum absolute atomic E-state index is 0.125. The highest BCUT2D eigenvalue weighted by Gasteiger charge is 2.12. The highest BCUT2D eigenvalue weighted by Crippen LogP contribution is 2.26. The molecule has 0 aliphatic rings. The normalized spacial score (nSPS) is 11.7. The summed E-state index contributed by atoms with van der Waals surface area (Å²) in [5, 5.41) is 5.47. The highest BCUT2D eigenvalue weighted by atomic mass is 32.2. The average Bonchev–Trinajstić information content (AvgIpc) is 2.95. The predicted octanol–water partition coefficient (Wildman–Crippen LogP) is 1.71. The molecule has 0 aliphatic carbocycles. The Kier molecular flexibility index (Phi) is 6.05. The number of benzene rings is 1. The van der Waals surface area contributed by atoms with Crippen molar-refractivity contribution in [3.05, 3.63) is 35.3 Å². The number of hydrogen-bond acceptors (Lipinski definition) is 5. The number of hydrogen-bond donors (Lipinski definition) is 2. The Hall–Kier alpha value is -1.81. The van der Waals surface area contributed by atoms with Crippen LogP contribution >= 0.6 is 11.3 Å². The van der Waals surface area contributed by atoms with E-state index in [9.17, 15) is 13.2 Å². The van der Waals surface area contributed by atoms with E-state index in [0.29, 0.717) is 6.42 Å². The molecule has 2 aromatic rings. The van der Waals surface area contributed by atoms with E-state index in [1.54, 1.807) is 0 Å². The Morgan fingerprint density at radius 1 is 1.33 bits per heavy atom. The molecule has 24 heavy (non-hydrogen) atoms. The first-order chi connectivity index (χ1) is 11.3. The lowest BCUT2D eigenvalue weighted by Gasteiger charge is -2.11. The van der Waals surface area contributed by atoms with Crippen LogP contribution in [0.5, 0.6) is 0 Å². The molecule has 2 rings (SSSR count). The van der Waals surface area contributed by atoms with Crippen LogP contribution in [0.25, 0.3) is 10.6 Å². The van der Waals surface area contributed by atoms with Gasteiger partial charge in [-0.1, -0.05) is 12.1 Å². The molecular weight excluding hydrogens is 348 g/mol. The fourth-order valence-electron chi connectivity index (χ4n) is 1.92. The Bertz CT molecular complexity index is 816. The zero-order chi connectivity index (χ0) is 17.7.